The molecule has 0 aromatic heterocycles. The van der Waals surface area contributed by atoms with Crippen molar-refractivity contribution >= 4 is 11.7 Å². The third-order valence-corrected chi connectivity index (χ3v) is 5.79. The molecule has 6 heteroatoms. The van der Waals surface area contributed by atoms with Crippen molar-refractivity contribution in [1.82, 2.24) is 0 Å². The van der Waals surface area contributed by atoms with Crippen LogP contribution in [-0.4, -0.2) is 24.9 Å². The van der Waals surface area contributed by atoms with E-state index in [2.05, 4.69) is 0 Å². The van der Waals surface area contributed by atoms with Gasteiger partial charge in [-0.25, -0.2) is 4.39 Å². The highest BCUT2D eigenvalue weighted by Crippen LogP contribution is 2.48. The summed E-state index contributed by atoms with van der Waals surface area (Å²) in [5.41, 5.74) is 6.06. The van der Waals surface area contributed by atoms with E-state index in [0.717, 1.165) is 18.4 Å². The van der Waals surface area contributed by atoms with Gasteiger partial charge < -0.3 is 15.2 Å². The molecule has 28 heavy (non-hydrogen) atoms. The topological polar surface area (TPSA) is 78.6 Å². The molecule has 0 spiro atoms. The highest BCUT2D eigenvalue weighted by Gasteiger charge is 2.52. The van der Waals surface area contributed by atoms with Crippen molar-refractivity contribution in [3.63, 3.8) is 0 Å². The summed E-state index contributed by atoms with van der Waals surface area (Å²) in [6.07, 6.45) is 2.67. The first-order chi connectivity index (χ1) is 13.5. The zero-order valence-corrected chi connectivity index (χ0v) is 15.4. The summed E-state index contributed by atoms with van der Waals surface area (Å²) >= 11 is 0. The third kappa shape index (κ3) is 3.35. The normalized spacial score (nSPS) is 23.0. The van der Waals surface area contributed by atoms with Gasteiger partial charge in [0.15, 0.2) is 5.78 Å². The summed E-state index contributed by atoms with van der Waals surface area (Å²) in [7, 11) is 0. The molecule has 0 saturated heterocycles. The molecule has 1 saturated carbocycles. The molecule has 2 aromatic rings. The van der Waals surface area contributed by atoms with Gasteiger partial charge in [-0.3, -0.25) is 9.59 Å². The molecular formula is C22H22FNO4. The zero-order chi connectivity index (χ0) is 19.7. The van der Waals surface area contributed by atoms with Crippen molar-refractivity contribution in [2.45, 2.75) is 25.7 Å². The van der Waals surface area contributed by atoms with Crippen LogP contribution in [0.1, 0.15) is 35.2 Å². The number of Topliss-reactive ketones (excluding diaryl/α,β-unsaturated/α-hetero) is 1. The van der Waals surface area contributed by atoms with Crippen LogP contribution in [-0.2, 0) is 11.2 Å². The molecule has 0 aliphatic heterocycles. The fourth-order valence-electron chi connectivity index (χ4n) is 4.33. The smallest absolute Gasteiger partial charge is 0.231 e. The maximum atomic E-state index is 13.0. The minimum atomic E-state index is -1.04. The van der Waals surface area contributed by atoms with E-state index >= 15 is 0 Å². The molecule has 1 fully saturated rings. The van der Waals surface area contributed by atoms with E-state index in [1.807, 2.05) is 6.07 Å². The zero-order valence-electron chi connectivity index (χ0n) is 15.4. The van der Waals surface area contributed by atoms with Crippen LogP contribution in [0.15, 0.2) is 42.5 Å². The molecule has 2 atom stereocenters. The van der Waals surface area contributed by atoms with Gasteiger partial charge in [0.25, 0.3) is 0 Å². The Balaban J connectivity index is 1.42. The van der Waals surface area contributed by atoms with Crippen LogP contribution in [0, 0.1) is 17.2 Å². The van der Waals surface area contributed by atoms with Crippen molar-refractivity contribution in [3.05, 3.63) is 59.4 Å². The monoisotopic (exact) mass is 383 g/mol. The number of fused-ring (bicyclic) bond motifs is 3. The SMILES string of the molecule is NC(=O)C12CCC(Cc3cc(OCCOc4ccc(F)cc4)ccc3C1=O)C2. The van der Waals surface area contributed by atoms with E-state index < -0.39 is 11.3 Å². The number of hydrogen-bond donors (Lipinski definition) is 1. The number of primary amides is 1. The van der Waals surface area contributed by atoms with Gasteiger partial charge in [-0.05, 0) is 79.6 Å². The highest BCUT2D eigenvalue weighted by molar-refractivity contribution is 6.14. The van der Waals surface area contributed by atoms with E-state index in [4.69, 9.17) is 15.2 Å². The summed E-state index contributed by atoms with van der Waals surface area (Å²) in [6, 6.07) is 11.2. The molecule has 2 aromatic carbocycles. The summed E-state index contributed by atoms with van der Waals surface area (Å²) in [5.74, 6) is 0.544. The summed E-state index contributed by atoms with van der Waals surface area (Å²) in [4.78, 5) is 25.0. The van der Waals surface area contributed by atoms with Crippen molar-refractivity contribution in [2.75, 3.05) is 13.2 Å². The van der Waals surface area contributed by atoms with Gasteiger partial charge in [-0.2, -0.15) is 0 Å². The molecule has 2 aliphatic rings. The van der Waals surface area contributed by atoms with Crippen LogP contribution in [0.3, 0.4) is 0 Å². The van der Waals surface area contributed by atoms with Gasteiger partial charge in [-0.1, -0.05) is 0 Å². The number of halogens is 1. The highest BCUT2D eigenvalue weighted by atomic mass is 19.1. The predicted molar refractivity (Wildman–Crippen MR) is 101 cm³/mol. The van der Waals surface area contributed by atoms with E-state index in [0.29, 0.717) is 43.1 Å². The number of carbonyl (C=O) groups excluding carboxylic acids is 2. The average Bonchev–Trinajstić information content (AvgIpc) is 3.06. The number of carbonyl (C=O) groups is 2. The summed E-state index contributed by atoms with van der Waals surface area (Å²) in [6.45, 7) is 0.633. The van der Waals surface area contributed by atoms with Crippen LogP contribution >= 0.6 is 0 Å². The standard InChI is InChI=1S/C22H22FNO4/c23-16-1-3-17(4-2-16)27-9-10-28-18-5-6-19-15(12-18)11-14-7-8-22(13-14,20(19)25)21(24)26/h1-6,12,14H,7-11,13H2,(H2,24,26). The lowest BCUT2D eigenvalue weighted by molar-refractivity contribution is -0.125. The summed E-state index contributed by atoms with van der Waals surface area (Å²) < 4.78 is 24.1. The van der Waals surface area contributed by atoms with Crippen LogP contribution in [0.5, 0.6) is 11.5 Å². The molecule has 2 unspecified atom stereocenters. The minimum absolute atomic E-state index is 0.152. The number of nitrogens with two attached hydrogens (primary N) is 1. The molecular weight excluding hydrogens is 361 g/mol. The van der Waals surface area contributed by atoms with E-state index in [9.17, 15) is 14.0 Å². The number of hydrogen-bond acceptors (Lipinski definition) is 4. The van der Waals surface area contributed by atoms with Gasteiger partial charge in [0.1, 0.15) is 35.9 Å². The first kappa shape index (κ1) is 18.5. The van der Waals surface area contributed by atoms with Gasteiger partial charge in [0, 0.05) is 5.56 Å². The fourth-order valence-corrected chi connectivity index (χ4v) is 4.33. The molecule has 0 heterocycles. The Bertz CT molecular complexity index is 911. The second-order valence-electron chi connectivity index (χ2n) is 7.56. The van der Waals surface area contributed by atoms with Crippen molar-refractivity contribution in [3.8, 4) is 11.5 Å². The molecule has 2 aliphatic carbocycles. The minimum Gasteiger partial charge on any atom is -0.490 e. The van der Waals surface area contributed by atoms with Gasteiger partial charge in [0.2, 0.25) is 5.91 Å². The second kappa shape index (κ2) is 7.26. The van der Waals surface area contributed by atoms with Crippen LogP contribution in [0.2, 0.25) is 0 Å². The predicted octanol–water partition coefficient (Wildman–Crippen LogP) is 3.29. The Morgan fingerprint density at radius 1 is 1.11 bits per heavy atom. The van der Waals surface area contributed by atoms with Crippen molar-refractivity contribution in [2.24, 2.45) is 17.1 Å². The number of benzene rings is 2. The molecule has 146 valence electrons. The van der Waals surface area contributed by atoms with E-state index in [-0.39, 0.29) is 17.5 Å². The molecule has 2 bridgehead atoms. The van der Waals surface area contributed by atoms with E-state index in [1.54, 1.807) is 24.3 Å². The maximum Gasteiger partial charge on any atom is 0.231 e. The number of rotatable bonds is 6. The Labute approximate surface area is 162 Å². The Morgan fingerprint density at radius 2 is 1.79 bits per heavy atom. The summed E-state index contributed by atoms with van der Waals surface area (Å²) in [5, 5.41) is 0. The Morgan fingerprint density at radius 3 is 2.50 bits per heavy atom. The second-order valence-corrected chi connectivity index (χ2v) is 7.56. The lowest BCUT2D eigenvalue weighted by Crippen LogP contribution is -2.41. The Kier molecular flexibility index (Phi) is 4.79. The molecule has 2 N–H and O–H groups in total. The molecule has 4 rings (SSSR count). The molecule has 5 nitrogen and oxygen atoms in total. The largest absolute Gasteiger partial charge is 0.490 e. The number of ether oxygens (including phenoxy) is 2. The number of ketones is 1. The lowest BCUT2D eigenvalue weighted by Gasteiger charge is -2.23. The Hall–Kier alpha value is -2.89. The van der Waals surface area contributed by atoms with Crippen molar-refractivity contribution < 1.29 is 23.5 Å². The fraction of sp³-hybridized carbons (Fsp3) is 0.364. The maximum absolute atomic E-state index is 13.0. The first-order valence-corrected chi connectivity index (χ1v) is 9.47. The van der Waals surface area contributed by atoms with Gasteiger partial charge in [-0.15, -0.1) is 0 Å². The van der Waals surface area contributed by atoms with Crippen molar-refractivity contribution in [1.29, 1.82) is 0 Å². The molecule has 1 amide bonds. The van der Waals surface area contributed by atoms with Crippen LogP contribution in [0.4, 0.5) is 4.39 Å². The lowest BCUT2D eigenvalue weighted by atomic mass is 9.78. The average molecular weight is 383 g/mol. The van der Waals surface area contributed by atoms with Gasteiger partial charge >= 0.3 is 0 Å². The number of amides is 1. The van der Waals surface area contributed by atoms with Crippen LogP contribution < -0.4 is 15.2 Å². The third-order valence-electron chi connectivity index (χ3n) is 5.79. The first-order valence-electron chi connectivity index (χ1n) is 9.47. The van der Waals surface area contributed by atoms with Gasteiger partial charge in [0.05, 0.1) is 0 Å². The quantitative estimate of drug-likeness (QED) is 0.613. The van der Waals surface area contributed by atoms with Crippen LogP contribution in [0.25, 0.3) is 0 Å². The van der Waals surface area contributed by atoms with E-state index in [1.165, 1.54) is 12.1 Å². The molecule has 0 radical (unpaired) electrons.